The fourth-order valence-corrected chi connectivity index (χ4v) is 3.74. The van der Waals surface area contributed by atoms with Gasteiger partial charge in [0.15, 0.2) is 11.5 Å². The minimum atomic E-state index is -1.11. The van der Waals surface area contributed by atoms with Gasteiger partial charge in [0, 0.05) is 18.5 Å². The highest BCUT2D eigenvalue weighted by Gasteiger charge is 2.52. The fourth-order valence-electron chi connectivity index (χ4n) is 3.43. The average Bonchev–Trinajstić information content (AvgIpc) is 3.19. The van der Waals surface area contributed by atoms with E-state index < -0.39 is 11.6 Å². The minimum Gasteiger partial charge on any atom is -0.504 e. The van der Waals surface area contributed by atoms with Crippen molar-refractivity contribution in [3.8, 4) is 11.5 Å². The van der Waals surface area contributed by atoms with Gasteiger partial charge in [-0.3, -0.25) is 9.48 Å². The highest BCUT2D eigenvalue weighted by Crippen LogP contribution is 2.34. The smallest absolute Gasteiger partial charge is 0.332 e. The van der Waals surface area contributed by atoms with Crippen LogP contribution in [0, 0.1) is 5.41 Å². The number of urea groups is 1. The molecule has 1 aromatic heterocycles. The van der Waals surface area contributed by atoms with E-state index in [1.54, 1.807) is 37.7 Å². The van der Waals surface area contributed by atoms with E-state index in [-0.39, 0.29) is 24.0 Å². The molecule has 3 rings (SSSR count). The summed E-state index contributed by atoms with van der Waals surface area (Å²) in [4.78, 5) is 28.8. The molecule has 2 aromatic rings. The second-order valence-electron chi connectivity index (χ2n) is 8.07. The lowest BCUT2D eigenvalue weighted by atomic mass is 10.0. The van der Waals surface area contributed by atoms with Crippen molar-refractivity contribution in [1.29, 1.82) is 5.41 Å². The number of nitrogens with zero attached hydrogens (tertiary/aromatic N) is 4. The summed E-state index contributed by atoms with van der Waals surface area (Å²) in [5, 5.41) is 32.3. The molecule has 0 radical (unpaired) electrons. The lowest BCUT2D eigenvalue weighted by Crippen LogP contribution is -2.43. The summed E-state index contributed by atoms with van der Waals surface area (Å²) in [6.45, 7) is 7.34. The zero-order chi connectivity index (χ0) is 23.1. The summed E-state index contributed by atoms with van der Waals surface area (Å²) >= 11 is 0. The van der Waals surface area contributed by atoms with E-state index in [0.29, 0.717) is 23.5 Å². The largest absolute Gasteiger partial charge is 0.504 e. The number of benzene rings is 1. The fraction of sp³-hybridized carbons (Fsp3) is 0.333. The first kappa shape index (κ1) is 22.5. The summed E-state index contributed by atoms with van der Waals surface area (Å²) in [7, 11) is 2.58. The Bertz CT molecular complexity index is 1100. The summed E-state index contributed by atoms with van der Waals surface area (Å²) < 4.78 is 1.59. The lowest BCUT2D eigenvalue weighted by Gasteiger charge is -2.27. The van der Waals surface area contributed by atoms with Crippen LogP contribution in [0.15, 0.2) is 41.5 Å². The third kappa shape index (κ3) is 4.18. The predicted octanol–water partition coefficient (Wildman–Crippen LogP) is 3.23. The molecule has 0 spiro atoms. The van der Waals surface area contributed by atoms with E-state index in [4.69, 9.17) is 5.41 Å². The second kappa shape index (κ2) is 8.15. The summed E-state index contributed by atoms with van der Waals surface area (Å²) in [5.74, 6) is -0.933. The summed E-state index contributed by atoms with van der Waals surface area (Å²) in [6.07, 6.45) is 3.06. The summed E-state index contributed by atoms with van der Waals surface area (Å²) in [6, 6.07) is 3.79. The van der Waals surface area contributed by atoms with Crippen molar-refractivity contribution in [3.05, 3.63) is 47.0 Å². The quantitative estimate of drug-likeness (QED) is 0.274. The van der Waals surface area contributed by atoms with Crippen LogP contribution in [0.5, 0.6) is 11.5 Å². The topological polar surface area (TPSA) is 123 Å². The number of nitrogens with one attached hydrogen (secondary N) is 1. The molecule has 1 fully saturated rings. The number of carbonyl (C=O) groups excluding carboxylic acids is 2. The molecule has 3 amide bonds. The van der Waals surface area contributed by atoms with Gasteiger partial charge in [-0.05, 0) is 56.3 Å². The van der Waals surface area contributed by atoms with Crippen molar-refractivity contribution < 1.29 is 19.8 Å². The van der Waals surface area contributed by atoms with E-state index in [0.717, 1.165) is 15.8 Å². The zero-order valence-electron chi connectivity index (χ0n) is 17.9. The van der Waals surface area contributed by atoms with Crippen LogP contribution in [-0.4, -0.2) is 48.1 Å². The maximum absolute atomic E-state index is 13.2. The van der Waals surface area contributed by atoms with Crippen LogP contribution in [0.1, 0.15) is 33.3 Å². The van der Waals surface area contributed by atoms with Crippen molar-refractivity contribution in [2.45, 2.75) is 46.3 Å². The third-order valence-electron chi connectivity index (χ3n) is 5.33. The molecule has 2 heterocycles. The Morgan fingerprint density at radius 3 is 2.45 bits per heavy atom. The van der Waals surface area contributed by atoms with Crippen molar-refractivity contribution in [1.82, 2.24) is 14.7 Å². The molecule has 0 bridgehead atoms. The first-order chi connectivity index (χ1) is 14.4. The monoisotopic (exact) mass is 443 g/mol. The normalized spacial score (nSPS) is 16.7. The van der Waals surface area contributed by atoms with E-state index in [9.17, 15) is 19.8 Å². The molecule has 1 unspecified atom stereocenters. The average molecular weight is 443 g/mol. The molecular formula is C21H26N5O4P. The van der Waals surface area contributed by atoms with Crippen molar-refractivity contribution in [2.24, 2.45) is 0 Å². The predicted molar refractivity (Wildman–Crippen MR) is 120 cm³/mol. The Balaban J connectivity index is 1.88. The van der Waals surface area contributed by atoms with Gasteiger partial charge >= 0.3 is 6.03 Å². The van der Waals surface area contributed by atoms with Crippen LogP contribution in [0.25, 0.3) is 0 Å². The highest BCUT2D eigenvalue weighted by molar-refractivity contribution is 7.22. The van der Waals surface area contributed by atoms with Gasteiger partial charge in [0.05, 0.1) is 18.4 Å². The van der Waals surface area contributed by atoms with Crippen LogP contribution < -0.4 is 4.90 Å². The van der Waals surface area contributed by atoms with E-state index in [1.807, 2.05) is 6.92 Å². The molecule has 1 saturated heterocycles. The summed E-state index contributed by atoms with van der Waals surface area (Å²) in [5.41, 5.74) is 1.03. The molecule has 1 aliphatic heterocycles. The maximum Gasteiger partial charge on any atom is 0.332 e. The standard InChI is InChI=1S/C21H26N5O4P/c1-12(22)16(13(2)31)11-24-10-15(8-23-24)26-19(29)21(3,4)25(20(26)30)9-14-5-6-17(27)18(28)7-14/h5-8,10,22,27-28H,9,11,31H2,1-4H3/b16-13-,22-12?. The van der Waals surface area contributed by atoms with Gasteiger partial charge in [-0.1, -0.05) is 6.07 Å². The Kier molecular flexibility index (Phi) is 5.91. The zero-order valence-corrected chi connectivity index (χ0v) is 19.0. The number of aromatic nitrogens is 2. The first-order valence-corrected chi connectivity index (χ1v) is 10.2. The molecule has 10 heteroatoms. The number of rotatable bonds is 6. The van der Waals surface area contributed by atoms with Gasteiger partial charge < -0.3 is 20.5 Å². The minimum absolute atomic E-state index is 0.0855. The van der Waals surface area contributed by atoms with Gasteiger partial charge in [-0.25, -0.2) is 9.69 Å². The number of carbonyl (C=O) groups is 2. The van der Waals surface area contributed by atoms with Crippen molar-refractivity contribution in [2.75, 3.05) is 4.90 Å². The van der Waals surface area contributed by atoms with Crippen LogP contribution in [0.4, 0.5) is 10.5 Å². The van der Waals surface area contributed by atoms with Crippen LogP contribution in [0.2, 0.25) is 0 Å². The molecule has 164 valence electrons. The van der Waals surface area contributed by atoms with Gasteiger partial charge in [0.1, 0.15) is 5.54 Å². The first-order valence-electron chi connectivity index (χ1n) is 9.63. The van der Waals surface area contributed by atoms with E-state index in [2.05, 4.69) is 14.3 Å². The molecule has 31 heavy (non-hydrogen) atoms. The molecule has 0 saturated carbocycles. The third-order valence-corrected chi connectivity index (χ3v) is 5.68. The van der Waals surface area contributed by atoms with Crippen molar-refractivity contribution >= 4 is 32.6 Å². The van der Waals surface area contributed by atoms with E-state index >= 15 is 0 Å². The molecule has 0 aliphatic carbocycles. The molecule has 1 atom stereocenters. The SMILES string of the molecule is CC(=N)/C(Cn1cc(N2C(=O)N(Cc3ccc(O)c(O)c3)C(C)(C)C2=O)cn1)=C(/C)P. The molecule has 9 nitrogen and oxygen atoms in total. The lowest BCUT2D eigenvalue weighted by molar-refractivity contribution is -0.123. The van der Waals surface area contributed by atoms with Gasteiger partial charge in [0.25, 0.3) is 5.91 Å². The number of hydrogen-bond acceptors (Lipinski definition) is 6. The number of amides is 3. The number of anilines is 1. The van der Waals surface area contributed by atoms with Crippen LogP contribution in [0.3, 0.4) is 0 Å². The van der Waals surface area contributed by atoms with Crippen molar-refractivity contribution in [3.63, 3.8) is 0 Å². The Labute approximate surface area is 182 Å². The highest BCUT2D eigenvalue weighted by atomic mass is 31.0. The Hall–Kier alpha value is -3.19. The molecule has 1 aromatic carbocycles. The van der Waals surface area contributed by atoms with Gasteiger partial charge in [-0.2, -0.15) is 5.10 Å². The number of imide groups is 1. The number of allylic oxidation sites excluding steroid dienone is 2. The van der Waals surface area contributed by atoms with Gasteiger partial charge in [-0.15, -0.1) is 9.24 Å². The van der Waals surface area contributed by atoms with E-state index in [1.165, 1.54) is 23.2 Å². The maximum atomic E-state index is 13.2. The Morgan fingerprint density at radius 1 is 1.19 bits per heavy atom. The second-order valence-corrected chi connectivity index (χ2v) is 8.94. The molecule has 3 N–H and O–H groups in total. The number of phenols is 2. The number of phenolic OH excluding ortho intramolecular Hbond substituents is 2. The molecule has 1 aliphatic rings. The van der Waals surface area contributed by atoms with Crippen LogP contribution >= 0.6 is 9.24 Å². The van der Waals surface area contributed by atoms with Crippen LogP contribution in [-0.2, 0) is 17.9 Å². The van der Waals surface area contributed by atoms with Gasteiger partial charge in [0.2, 0.25) is 0 Å². The number of hydrogen-bond donors (Lipinski definition) is 3. The number of aromatic hydroxyl groups is 2. The molecular weight excluding hydrogens is 417 g/mol. The Morgan fingerprint density at radius 2 is 1.87 bits per heavy atom.